The van der Waals surface area contributed by atoms with Crippen LogP contribution in [0, 0.1) is 35.5 Å². The lowest BCUT2D eigenvalue weighted by molar-refractivity contribution is -0.0682. The summed E-state index contributed by atoms with van der Waals surface area (Å²) in [5.41, 5.74) is 0. The number of rotatable bonds is 8. The molecule has 8 unspecified atom stereocenters. The summed E-state index contributed by atoms with van der Waals surface area (Å²) in [6, 6.07) is 0. The molecule has 3 aliphatic carbocycles. The maximum absolute atomic E-state index is 6.24. The second-order valence-corrected chi connectivity index (χ2v) is 8.60. The molecule has 0 heterocycles. The van der Waals surface area contributed by atoms with Crippen molar-refractivity contribution in [3.8, 4) is 0 Å². The molecule has 2 nitrogen and oxygen atoms in total. The van der Waals surface area contributed by atoms with Crippen molar-refractivity contribution in [3.63, 3.8) is 0 Å². The second kappa shape index (κ2) is 7.21. The molecule has 128 valence electrons. The van der Waals surface area contributed by atoms with Crippen molar-refractivity contribution in [2.45, 2.75) is 77.9 Å². The van der Waals surface area contributed by atoms with Crippen molar-refractivity contribution in [3.05, 3.63) is 0 Å². The molecule has 0 N–H and O–H groups in total. The molecule has 3 saturated carbocycles. The molecule has 0 aromatic rings. The van der Waals surface area contributed by atoms with Crippen molar-refractivity contribution in [1.82, 2.24) is 0 Å². The fraction of sp³-hybridized carbons (Fsp3) is 1.00. The van der Waals surface area contributed by atoms with Gasteiger partial charge in [0.15, 0.2) is 0 Å². The molecule has 0 bridgehead atoms. The molecule has 2 heteroatoms. The molecule has 0 aromatic carbocycles. The summed E-state index contributed by atoms with van der Waals surface area (Å²) >= 11 is 0. The fourth-order valence-electron chi connectivity index (χ4n) is 5.24. The average Bonchev–Trinajstić information content (AvgIpc) is 2.99. The average molecular weight is 309 g/mol. The van der Waals surface area contributed by atoms with Gasteiger partial charge >= 0.3 is 0 Å². The number of ether oxygens (including phenoxy) is 2. The summed E-state index contributed by atoms with van der Waals surface area (Å²) < 4.78 is 11.8. The van der Waals surface area contributed by atoms with Gasteiger partial charge < -0.3 is 9.47 Å². The molecule has 0 amide bonds. The van der Waals surface area contributed by atoms with E-state index in [0.29, 0.717) is 18.1 Å². The van der Waals surface area contributed by atoms with Crippen LogP contribution >= 0.6 is 0 Å². The van der Waals surface area contributed by atoms with E-state index in [2.05, 4.69) is 20.8 Å². The van der Waals surface area contributed by atoms with E-state index >= 15 is 0 Å². The maximum atomic E-state index is 6.24. The van der Waals surface area contributed by atoms with Gasteiger partial charge in [-0.05, 0) is 74.5 Å². The van der Waals surface area contributed by atoms with E-state index < -0.39 is 0 Å². The van der Waals surface area contributed by atoms with Gasteiger partial charge in [-0.1, -0.05) is 26.7 Å². The Morgan fingerprint density at radius 2 is 1.82 bits per heavy atom. The minimum absolute atomic E-state index is 0.433. The smallest absolute Gasteiger partial charge is 0.0603 e. The summed E-state index contributed by atoms with van der Waals surface area (Å²) in [6.45, 7) is 8.00. The molecule has 3 aliphatic rings. The highest BCUT2D eigenvalue weighted by Gasteiger charge is 2.44. The zero-order valence-corrected chi connectivity index (χ0v) is 15.1. The van der Waals surface area contributed by atoms with E-state index in [1.54, 1.807) is 0 Å². The lowest BCUT2D eigenvalue weighted by Crippen LogP contribution is -2.39. The van der Waals surface area contributed by atoms with Gasteiger partial charge in [0.2, 0.25) is 0 Å². The summed E-state index contributed by atoms with van der Waals surface area (Å²) in [5.74, 6) is 5.38. The van der Waals surface area contributed by atoms with E-state index in [-0.39, 0.29) is 0 Å². The Balaban J connectivity index is 1.38. The van der Waals surface area contributed by atoms with Gasteiger partial charge in [-0.25, -0.2) is 0 Å². The van der Waals surface area contributed by atoms with E-state index in [9.17, 15) is 0 Å². The first-order valence-electron chi connectivity index (χ1n) is 9.74. The van der Waals surface area contributed by atoms with Crippen LogP contribution in [0.1, 0.15) is 65.7 Å². The van der Waals surface area contributed by atoms with Crippen molar-refractivity contribution in [2.24, 2.45) is 35.5 Å². The molecule has 22 heavy (non-hydrogen) atoms. The van der Waals surface area contributed by atoms with Gasteiger partial charge in [-0.15, -0.1) is 0 Å². The third-order valence-electron chi connectivity index (χ3n) is 7.01. The highest BCUT2D eigenvalue weighted by atomic mass is 16.5. The Labute approximate surface area is 137 Å². The lowest BCUT2D eigenvalue weighted by atomic mass is 9.74. The standard InChI is InChI=1S/C20H36O2/c1-13-10-19(13)18-7-5-6-16(18)11-15(3)22-12-14(2)17-8-9-20(17)21-4/h13-20H,5-12H2,1-4H3. The zero-order valence-electron chi connectivity index (χ0n) is 15.1. The van der Waals surface area contributed by atoms with Gasteiger partial charge in [0.05, 0.1) is 12.2 Å². The molecule has 8 atom stereocenters. The van der Waals surface area contributed by atoms with E-state index in [1.165, 1.54) is 44.9 Å². The van der Waals surface area contributed by atoms with Crippen molar-refractivity contribution in [2.75, 3.05) is 13.7 Å². The van der Waals surface area contributed by atoms with Gasteiger partial charge in [0.25, 0.3) is 0 Å². The molecule has 3 fully saturated rings. The molecular weight excluding hydrogens is 272 g/mol. The highest BCUT2D eigenvalue weighted by Crippen LogP contribution is 2.53. The number of methoxy groups -OCH3 is 1. The van der Waals surface area contributed by atoms with Crippen LogP contribution < -0.4 is 0 Å². The van der Waals surface area contributed by atoms with Crippen LogP contribution in [0.2, 0.25) is 0 Å². The van der Waals surface area contributed by atoms with Crippen LogP contribution in [0.25, 0.3) is 0 Å². The minimum Gasteiger partial charge on any atom is -0.381 e. The van der Waals surface area contributed by atoms with E-state index in [1.807, 2.05) is 7.11 Å². The zero-order chi connectivity index (χ0) is 15.7. The van der Waals surface area contributed by atoms with Gasteiger partial charge in [-0.3, -0.25) is 0 Å². The van der Waals surface area contributed by atoms with Gasteiger partial charge in [-0.2, -0.15) is 0 Å². The first kappa shape index (κ1) is 16.8. The molecule has 0 saturated heterocycles. The first-order chi connectivity index (χ1) is 10.6. The first-order valence-corrected chi connectivity index (χ1v) is 9.74. The Morgan fingerprint density at radius 1 is 1.05 bits per heavy atom. The van der Waals surface area contributed by atoms with Gasteiger partial charge in [0, 0.05) is 13.7 Å². The van der Waals surface area contributed by atoms with Crippen LogP contribution in [0.3, 0.4) is 0 Å². The largest absolute Gasteiger partial charge is 0.381 e. The molecule has 3 rings (SSSR count). The van der Waals surface area contributed by atoms with Crippen molar-refractivity contribution >= 4 is 0 Å². The monoisotopic (exact) mass is 308 g/mol. The molecule has 0 aliphatic heterocycles. The van der Waals surface area contributed by atoms with Crippen molar-refractivity contribution in [1.29, 1.82) is 0 Å². The Kier molecular flexibility index (Phi) is 5.50. The fourth-order valence-corrected chi connectivity index (χ4v) is 5.24. The van der Waals surface area contributed by atoms with Crippen LogP contribution in [-0.4, -0.2) is 25.9 Å². The SMILES string of the molecule is COC1CCC1C(C)COC(C)CC1CCCC1C1CC1C. The van der Waals surface area contributed by atoms with Gasteiger partial charge in [0.1, 0.15) is 0 Å². The topological polar surface area (TPSA) is 18.5 Å². The summed E-state index contributed by atoms with van der Waals surface area (Å²) in [4.78, 5) is 0. The Morgan fingerprint density at radius 3 is 2.41 bits per heavy atom. The second-order valence-electron chi connectivity index (χ2n) is 8.60. The third-order valence-corrected chi connectivity index (χ3v) is 7.01. The summed E-state index contributed by atoms with van der Waals surface area (Å²) in [7, 11) is 1.85. The molecular formula is C20H36O2. The Hall–Kier alpha value is -0.0800. The Bertz CT molecular complexity index is 354. The van der Waals surface area contributed by atoms with E-state index in [0.717, 1.165) is 36.2 Å². The highest BCUT2D eigenvalue weighted by molar-refractivity contribution is 4.94. The maximum Gasteiger partial charge on any atom is 0.0603 e. The van der Waals surface area contributed by atoms with Crippen LogP contribution in [-0.2, 0) is 9.47 Å². The normalized spacial score (nSPS) is 43.6. The molecule has 0 aromatic heterocycles. The molecule has 0 spiro atoms. The summed E-state index contributed by atoms with van der Waals surface area (Å²) in [5, 5.41) is 0. The van der Waals surface area contributed by atoms with Crippen LogP contribution in [0.5, 0.6) is 0 Å². The van der Waals surface area contributed by atoms with Crippen molar-refractivity contribution < 1.29 is 9.47 Å². The number of hydrogen-bond acceptors (Lipinski definition) is 2. The van der Waals surface area contributed by atoms with Crippen LogP contribution in [0.4, 0.5) is 0 Å². The van der Waals surface area contributed by atoms with Crippen LogP contribution in [0.15, 0.2) is 0 Å². The molecule has 0 radical (unpaired) electrons. The number of hydrogen-bond donors (Lipinski definition) is 0. The lowest BCUT2D eigenvalue weighted by Gasteiger charge is -2.39. The minimum atomic E-state index is 0.433. The third kappa shape index (κ3) is 3.70. The van der Waals surface area contributed by atoms with E-state index in [4.69, 9.17) is 9.47 Å². The predicted molar refractivity (Wildman–Crippen MR) is 90.8 cm³/mol. The summed E-state index contributed by atoms with van der Waals surface area (Å²) in [6.07, 6.45) is 10.7. The quantitative estimate of drug-likeness (QED) is 0.634. The predicted octanol–water partition coefficient (Wildman–Crippen LogP) is 4.92.